The first-order valence-electron chi connectivity index (χ1n) is 1.84. The predicted molar refractivity (Wildman–Crippen MR) is 31.6 cm³/mol. The second-order valence-corrected chi connectivity index (χ2v) is 3.93. The van der Waals surface area contributed by atoms with Crippen molar-refractivity contribution in [2.24, 2.45) is 0 Å². The zero-order valence-corrected chi connectivity index (χ0v) is 5.34. The van der Waals surface area contributed by atoms with Crippen LogP contribution in [0.3, 0.4) is 0 Å². The number of allylic oxidation sites excluding steroid dienone is 1. The molecule has 0 aromatic carbocycles. The van der Waals surface area contributed by atoms with Crippen LogP contribution in [0.25, 0.3) is 0 Å². The van der Waals surface area contributed by atoms with Crippen LogP contribution < -0.4 is 0 Å². The first-order chi connectivity index (χ1) is 2.94. The molecule has 2 nitrogen and oxygen atoms in total. The standard InChI is InChI=1S/C4H9NOS/c1-4(2)7(3,5)6/h5H,1H2,2-3H3. The third-order valence-corrected chi connectivity index (χ3v) is 1.99. The van der Waals surface area contributed by atoms with Crippen LogP contribution >= 0.6 is 0 Å². The fourth-order valence-electron chi connectivity index (χ4n) is 0. The molecule has 0 bridgehead atoms. The summed E-state index contributed by atoms with van der Waals surface area (Å²) in [5.74, 6) is 0. The molecule has 1 atom stereocenters. The van der Waals surface area contributed by atoms with Crippen molar-refractivity contribution in [1.29, 1.82) is 4.78 Å². The highest BCUT2D eigenvalue weighted by atomic mass is 32.2. The Morgan fingerprint density at radius 3 is 2.00 bits per heavy atom. The van der Waals surface area contributed by atoms with Gasteiger partial charge in [-0.05, 0) is 6.92 Å². The fraction of sp³-hybridized carbons (Fsp3) is 0.500. The Morgan fingerprint density at radius 2 is 2.00 bits per heavy atom. The molecule has 0 aromatic rings. The minimum Gasteiger partial charge on any atom is -0.249 e. The highest BCUT2D eigenvalue weighted by Gasteiger charge is 1.93. The molecule has 0 spiro atoms. The van der Waals surface area contributed by atoms with Gasteiger partial charge in [0.2, 0.25) is 0 Å². The summed E-state index contributed by atoms with van der Waals surface area (Å²) in [5, 5.41) is 0. The van der Waals surface area contributed by atoms with E-state index in [9.17, 15) is 4.21 Å². The van der Waals surface area contributed by atoms with E-state index in [4.69, 9.17) is 4.78 Å². The topological polar surface area (TPSA) is 40.9 Å². The van der Waals surface area contributed by atoms with Gasteiger partial charge in [-0.25, -0.2) is 8.99 Å². The van der Waals surface area contributed by atoms with Crippen LogP contribution in [0.4, 0.5) is 0 Å². The van der Waals surface area contributed by atoms with Crippen LogP contribution in [0.15, 0.2) is 11.5 Å². The Kier molecular flexibility index (Phi) is 1.58. The molecule has 0 radical (unpaired) electrons. The summed E-state index contributed by atoms with van der Waals surface area (Å²) < 4.78 is 17.3. The van der Waals surface area contributed by atoms with Crippen molar-refractivity contribution in [2.45, 2.75) is 6.92 Å². The molecule has 0 aliphatic heterocycles. The highest BCUT2D eigenvalue weighted by Crippen LogP contribution is 1.97. The van der Waals surface area contributed by atoms with Crippen molar-refractivity contribution in [3.63, 3.8) is 0 Å². The summed E-state index contributed by atoms with van der Waals surface area (Å²) in [7, 11) is -2.44. The summed E-state index contributed by atoms with van der Waals surface area (Å²) >= 11 is 0. The number of hydrogen-bond acceptors (Lipinski definition) is 2. The monoisotopic (exact) mass is 119 g/mol. The normalized spacial score (nSPS) is 18.0. The zero-order chi connectivity index (χ0) is 6.08. The molecule has 42 valence electrons. The average Bonchev–Trinajstić information content (AvgIpc) is 1.31. The van der Waals surface area contributed by atoms with E-state index >= 15 is 0 Å². The third kappa shape index (κ3) is 2.39. The molecule has 0 rings (SSSR count). The molecule has 0 aromatic heterocycles. The van der Waals surface area contributed by atoms with Crippen LogP contribution in [0.1, 0.15) is 6.92 Å². The molecule has 0 saturated carbocycles. The second-order valence-electron chi connectivity index (χ2n) is 1.55. The molecule has 0 fully saturated rings. The Balaban J connectivity index is 4.43. The molecule has 0 aliphatic rings. The molecule has 3 heteroatoms. The highest BCUT2D eigenvalue weighted by molar-refractivity contribution is 7.95. The van der Waals surface area contributed by atoms with Gasteiger partial charge in [-0.2, -0.15) is 0 Å². The first kappa shape index (κ1) is 6.69. The Labute approximate surface area is 44.2 Å². The van der Waals surface area contributed by atoms with Gasteiger partial charge in [0.05, 0.1) is 9.73 Å². The number of hydrogen-bond donors (Lipinski definition) is 1. The van der Waals surface area contributed by atoms with Crippen LogP contribution in [-0.2, 0) is 9.73 Å². The van der Waals surface area contributed by atoms with Crippen LogP contribution in [-0.4, -0.2) is 10.5 Å². The van der Waals surface area contributed by atoms with E-state index in [2.05, 4.69) is 6.58 Å². The lowest BCUT2D eigenvalue weighted by molar-refractivity contribution is 0.683. The Bertz CT molecular complexity index is 166. The van der Waals surface area contributed by atoms with Gasteiger partial charge >= 0.3 is 0 Å². The Hall–Kier alpha value is -0.310. The van der Waals surface area contributed by atoms with E-state index in [1.54, 1.807) is 6.92 Å². The minimum atomic E-state index is -2.44. The lowest BCUT2D eigenvalue weighted by Gasteiger charge is -1.92. The maximum atomic E-state index is 10.5. The van der Waals surface area contributed by atoms with Crippen LogP contribution in [0.5, 0.6) is 0 Å². The second kappa shape index (κ2) is 1.66. The van der Waals surface area contributed by atoms with E-state index < -0.39 is 9.73 Å². The van der Waals surface area contributed by atoms with Crippen molar-refractivity contribution in [3.8, 4) is 0 Å². The van der Waals surface area contributed by atoms with Gasteiger partial charge in [0, 0.05) is 11.2 Å². The lowest BCUT2D eigenvalue weighted by atomic mass is 10.8. The molecular weight excluding hydrogens is 110 g/mol. The largest absolute Gasteiger partial charge is 0.249 e. The molecule has 1 N–H and O–H groups in total. The summed E-state index contributed by atoms with van der Waals surface area (Å²) in [5.41, 5.74) is 0. The van der Waals surface area contributed by atoms with E-state index in [0.29, 0.717) is 4.91 Å². The Morgan fingerprint density at radius 1 is 1.86 bits per heavy atom. The average molecular weight is 119 g/mol. The fourth-order valence-corrected chi connectivity index (χ4v) is 0. The number of nitrogens with one attached hydrogen (secondary N) is 1. The molecule has 0 heterocycles. The number of rotatable bonds is 1. The van der Waals surface area contributed by atoms with Gasteiger partial charge in [0.15, 0.2) is 0 Å². The summed E-state index contributed by atoms with van der Waals surface area (Å²) in [6.45, 7) is 4.96. The maximum absolute atomic E-state index is 10.5. The van der Waals surface area contributed by atoms with Crippen molar-refractivity contribution in [3.05, 3.63) is 11.5 Å². The van der Waals surface area contributed by atoms with Crippen molar-refractivity contribution in [2.75, 3.05) is 6.26 Å². The summed E-state index contributed by atoms with van der Waals surface area (Å²) in [4.78, 5) is 0.438. The zero-order valence-electron chi connectivity index (χ0n) is 4.52. The lowest BCUT2D eigenvalue weighted by Crippen LogP contribution is -1.91. The van der Waals surface area contributed by atoms with Gasteiger partial charge < -0.3 is 0 Å². The molecule has 7 heavy (non-hydrogen) atoms. The third-order valence-electron chi connectivity index (χ3n) is 0.665. The first-order valence-corrected chi connectivity index (χ1v) is 3.80. The van der Waals surface area contributed by atoms with Crippen LogP contribution in [0, 0.1) is 4.78 Å². The molecule has 0 aliphatic carbocycles. The SMILES string of the molecule is C=C(C)S(C)(=N)=O. The summed E-state index contributed by atoms with van der Waals surface area (Å²) in [6.07, 6.45) is 1.36. The van der Waals surface area contributed by atoms with E-state index in [0.717, 1.165) is 0 Å². The molecular formula is C4H9NOS. The van der Waals surface area contributed by atoms with Gasteiger partial charge in [-0.15, -0.1) is 0 Å². The molecule has 1 unspecified atom stereocenters. The smallest absolute Gasteiger partial charge is 0.0649 e. The van der Waals surface area contributed by atoms with Gasteiger partial charge in [-0.1, -0.05) is 6.58 Å². The predicted octanol–water partition coefficient (Wildman–Crippen LogP) is 1.20. The van der Waals surface area contributed by atoms with Crippen molar-refractivity contribution >= 4 is 9.73 Å². The quantitative estimate of drug-likeness (QED) is 0.553. The summed E-state index contributed by atoms with van der Waals surface area (Å²) in [6, 6.07) is 0. The van der Waals surface area contributed by atoms with E-state index in [1.165, 1.54) is 6.26 Å². The molecule has 0 amide bonds. The van der Waals surface area contributed by atoms with Crippen molar-refractivity contribution < 1.29 is 4.21 Å². The van der Waals surface area contributed by atoms with Gasteiger partial charge in [0.1, 0.15) is 0 Å². The van der Waals surface area contributed by atoms with E-state index in [1.807, 2.05) is 0 Å². The van der Waals surface area contributed by atoms with E-state index in [-0.39, 0.29) is 0 Å². The maximum Gasteiger partial charge on any atom is 0.0649 e. The van der Waals surface area contributed by atoms with Gasteiger partial charge in [0.25, 0.3) is 0 Å². The minimum absolute atomic E-state index is 0.438. The van der Waals surface area contributed by atoms with Crippen molar-refractivity contribution in [1.82, 2.24) is 0 Å². The van der Waals surface area contributed by atoms with Crippen LogP contribution in [0.2, 0.25) is 0 Å². The molecule has 0 saturated heterocycles. The van der Waals surface area contributed by atoms with Gasteiger partial charge in [-0.3, -0.25) is 0 Å².